The smallest absolute Gasteiger partial charge is 0.161 e. The van der Waals surface area contributed by atoms with E-state index in [2.05, 4.69) is 29.2 Å². The summed E-state index contributed by atoms with van der Waals surface area (Å²) in [7, 11) is 3.38. The van der Waals surface area contributed by atoms with Crippen molar-refractivity contribution in [1.29, 1.82) is 0 Å². The van der Waals surface area contributed by atoms with Crippen molar-refractivity contribution in [3.05, 3.63) is 47.0 Å². The number of nitrogens with two attached hydrogens (primary N) is 1. The number of benzene rings is 2. The number of methoxy groups -OCH3 is 2. The molecule has 146 valence electrons. The van der Waals surface area contributed by atoms with Gasteiger partial charge in [-0.05, 0) is 73.7 Å². The SMILES string of the molecule is CCOc1cc(CCCN2CCc3cc(OC)c(OC)cc3C2)ccc1N. The molecule has 0 spiro atoms. The van der Waals surface area contributed by atoms with Crippen LogP contribution in [0.1, 0.15) is 30.0 Å². The summed E-state index contributed by atoms with van der Waals surface area (Å²) in [5, 5.41) is 0. The summed E-state index contributed by atoms with van der Waals surface area (Å²) in [4.78, 5) is 2.51. The Hall–Kier alpha value is -2.40. The van der Waals surface area contributed by atoms with Crippen LogP contribution in [0, 0.1) is 0 Å². The van der Waals surface area contributed by atoms with Crippen LogP contribution in [0.5, 0.6) is 17.2 Å². The highest BCUT2D eigenvalue weighted by Crippen LogP contribution is 2.33. The van der Waals surface area contributed by atoms with Crippen molar-refractivity contribution in [1.82, 2.24) is 4.90 Å². The second-order valence-electron chi connectivity index (χ2n) is 6.91. The van der Waals surface area contributed by atoms with Crippen LogP contribution in [0.4, 0.5) is 5.69 Å². The van der Waals surface area contributed by atoms with Crippen molar-refractivity contribution in [3.8, 4) is 17.2 Å². The lowest BCUT2D eigenvalue weighted by atomic mass is 9.98. The lowest BCUT2D eigenvalue weighted by Crippen LogP contribution is -2.31. The molecule has 0 bridgehead atoms. The molecule has 0 atom stereocenters. The third-order valence-corrected chi connectivity index (χ3v) is 5.11. The van der Waals surface area contributed by atoms with E-state index < -0.39 is 0 Å². The fraction of sp³-hybridized carbons (Fsp3) is 0.455. The molecule has 1 heterocycles. The van der Waals surface area contributed by atoms with Gasteiger partial charge >= 0.3 is 0 Å². The Morgan fingerprint density at radius 2 is 1.74 bits per heavy atom. The highest BCUT2D eigenvalue weighted by Gasteiger charge is 2.19. The molecule has 3 rings (SSSR count). The third kappa shape index (κ3) is 4.66. The lowest BCUT2D eigenvalue weighted by Gasteiger charge is -2.29. The van der Waals surface area contributed by atoms with Gasteiger partial charge in [-0.2, -0.15) is 0 Å². The van der Waals surface area contributed by atoms with Gasteiger partial charge in [0.25, 0.3) is 0 Å². The number of aryl methyl sites for hydroxylation is 1. The highest BCUT2D eigenvalue weighted by atomic mass is 16.5. The summed E-state index contributed by atoms with van der Waals surface area (Å²) >= 11 is 0. The molecule has 0 aromatic heterocycles. The molecular weight excluding hydrogens is 340 g/mol. The van der Waals surface area contributed by atoms with E-state index in [-0.39, 0.29) is 0 Å². The molecule has 2 aromatic rings. The normalized spacial score (nSPS) is 13.9. The molecule has 0 aliphatic carbocycles. The first-order chi connectivity index (χ1) is 13.1. The molecule has 1 aliphatic rings. The summed E-state index contributed by atoms with van der Waals surface area (Å²) in [6.07, 6.45) is 3.18. The second kappa shape index (κ2) is 9.00. The fourth-order valence-electron chi connectivity index (χ4n) is 3.65. The van der Waals surface area contributed by atoms with Gasteiger partial charge in [-0.25, -0.2) is 0 Å². The molecule has 0 radical (unpaired) electrons. The predicted molar refractivity (Wildman–Crippen MR) is 109 cm³/mol. The van der Waals surface area contributed by atoms with Gasteiger partial charge in [0, 0.05) is 13.1 Å². The van der Waals surface area contributed by atoms with E-state index in [1.807, 2.05) is 13.0 Å². The Balaban J connectivity index is 1.57. The zero-order valence-corrected chi connectivity index (χ0v) is 16.6. The molecule has 1 aliphatic heterocycles. The minimum atomic E-state index is 0.634. The van der Waals surface area contributed by atoms with E-state index in [0.717, 1.165) is 56.1 Å². The summed E-state index contributed by atoms with van der Waals surface area (Å²) in [6, 6.07) is 10.4. The number of hydrogen-bond donors (Lipinski definition) is 1. The first-order valence-electron chi connectivity index (χ1n) is 9.62. The summed E-state index contributed by atoms with van der Waals surface area (Å²) in [6.45, 7) is 5.72. The van der Waals surface area contributed by atoms with E-state index in [0.29, 0.717) is 12.3 Å². The Morgan fingerprint density at radius 1 is 1.00 bits per heavy atom. The Bertz CT molecular complexity index is 776. The number of nitrogens with zero attached hydrogens (tertiary/aromatic N) is 1. The molecule has 5 heteroatoms. The zero-order chi connectivity index (χ0) is 19.2. The average Bonchev–Trinajstić information content (AvgIpc) is 2.69. The van der Waals surface area contributed by atoms with Crippen molar-refractivity contribution < 1.29 is 14.2 Å². The van der Waals surface area contributed by atoms with Crippen LogP contribution in [0.2, 0.25) is 0 Å². The second-order valence-corrected chi connectivity index (χ2v) is 6.91. The van der Waals surface area contributed by atoms with Crippen molar-refractivity contribution >= 4 is 5.69 Å². The topological polar surface area (TPSA) is 57.0 Å². The molecular formula is C22H30N2O3. The van der Waals surface area contributed by atoms with Crippen molar-refractivity contribution in [2.75, 3.05) is 39.6 Å². The van der Waals surface area contributed by atoms with Gasteiger partial charge in [0.15, 0.2) is 11.5 Å². The molecule has 0 amide bonds. The van der Waals surface area contributed by atoms with Gasteiger partial charge in [0.1, 0.15) is 5.75 Å². The molecule has 2 aromatic carbocycles. The van der Waals surface area contributed by atoms with Crippen LogP contribution in [0.25, 0.3) is 0 Å². The van der Waals surface area contributed by atoms with E-state index in [1.165, 1.54) is 16.7 Å². The van der Waals surface area contributed by atoms with Crippen molar-refractivity contribution in [2.24, 2.45) is 0 Å². The zero-order valence-electron chi connectivity index (χ0n) is 16.6. The molecule has 5 nitrogen and oxygen atoms in total. The van der Waals surface area contributed by atoms with Gasteiger partial charge in [-0.1, -0.05) is 6.07 Å². The standard InChI is InChI=1S/C22H30N2O3/c1-4-27-20-12-16(7-8-19(20)23)6-5-10-24-11-9-17-13-21(25-2)22(26-3)14-18(17)15-24/h7-8,12-14H,4-6,9-11,15,23H2,1-3H3. The molecule has 27 heavy (non-hydrogen) atoms. The largest absolute Gasteiger partial charge is 0.493 e. The van der Waals surface area contributed by atoms with Gasteiger partial charge < -0.3 is 19.9 Å². The van der Waals surface area contributed by atoms with Crippen LogP contribution in [-0.4, -0.2) is 38.8 Å². The maximum Gasteiger partial charge on any atom is 0.161 e. The fourth-order valence-corrected chi connectivity index (χ4v) is 3.65. The van der Waals surface area contributed by atoms with E-state index in [4.69, 9.17) is 19.9 Å². The molecule has 0 saturated heterocycles. The predicted octanol–water partition coefficient (Wildman–Crippen LogP) is 3.68. The Kier molecular flexibility index (Phi) is 6.45. The molecule has 0 fully saturated rings. The number of anilines is 1. The van der Waals surface area contributed by atoms with Gasteiger partial charge in [-0.15, -0.1) is 0 Å². The molecule has 0 unspecified atom stereocenters. The number of rotatable bonds is 8. The quantitative estimate of drug-likeness (QED) is 0.719. The van der Waals surface area contributed by atoms with Crippen LogP contribution in [0.15, 0.2) is 30.3 Å². The van der Waals surface area contributed by atoms with Crippen LogP contribution in [0.3, 0.4) is 0 Å². The number of nitrogen functional groups attached to an aromatic ring is 1. The first-order valence-corrected chi connectivity index (χ1v) is 9.62. The summed E-state index contributed by atoms with van der Waals surface area (Å²) < 4.78 is 16.5. The maximum atomic E-state index is 5.96. The van der Waals surface area contributed by atoms with E-state index in [9.17, 15) is 0 Å². The van der Waals surface area contributed by atoms with E-state index >= 15 is 0 Å². The number of ether oxygens (including phenoxy) is 3. The number of hydrogen-bond acceptors (Lipinski definition) is 5. The lowest BCUT2D eigenvalue weighted by molar-refractivity contribution is 0.249. The summed E-state index contributed by atoms with van der Waals surface area (Å²) in [5.41, 5.74) is 10.6. The van der Waals surface area contributed by atoms with Gasteiger partial charge in [-0.3, -0.25) is 4.90 Å². The molecule has 2 N–H and O–H groups in total. The van der Waals surface area contributed by atoms with Crippen LogP contribution < -0.4 is 19.9 Å². The van der Waals surface area contributed by atoms with Crippen LogP contribution in [-0.2, 0) is 19.4 Å². The average molecular weight is 370 g/mol. The maximum absolute atomic E-state index is 5.96. The Morgan fingerprint density at radius 3 is 2.44 bits per heavy atom. The van der Waals surface area contributed by atoms with Crippen LogP contribution >= 0.6 is 0 Å². The first kappa shape index (κ1) is 19.4. The van der Waals surface area contributed by atoms with Crippen molar-refractivity contribution in [2.45, 2.75) is 32.7 Å². The minimum absolute atomic E-state index is 0.634. The minimum Gasteiger partial charge on any atom is -0.493 e. The summed E-state index contributed by atoms with van der Waals surface area (Å²) in [5.74, 6) is 2.42. The molecule has 0 saturated carbocycles. The third-order valence-electron chi connectivity index (χ3n) is 5.11. The van der Waals surface area contributed by atoms with Gasteiger partial charge in [0.05, 0.1) is 26.5 Å². The highest BCUT2D eigenvalue weighted by molar-refractivity contribution is 5.54. The number of fused-ring (bicyclic) bond motifs is 1. The Labute approximate surface area is 162 Å². The monoisotopic (exact) mass is 370 g/mol. The van der Waals surface area contributed by atoms with Gasteiger partial charge in [0.2, 0.25) is 0 Å². The van der Waals surface area contributed by atoms with E-state index in [1.54, 1.807) is 14.2 Å². The van der Waals surface area contributed by atoms with Crippen molar-refractivity contribution in [3.63, 3.8) is 0 Å².